The van der Waals surface area contributed by atoms with E-state index in [0.717, 1.165) is 16.5 Å². The van der Waals surface area contributed by atoms with Crippen molar-refractivity contribution in [3.8, 4) is 0 Å². The second-order valence-electron chi connectivity index (χ2n) is 7.75. The summed E-state index contributed by atoms with van der Waals surface area (Å²) >= 11 is 1.39. The molecule has 2 heterocycles. The van der Waals surface area contributed by atoms with Crippen LogP contribution in [0, 0.1) is 30.3 Å². The van der Waals surface area contributed by atoms with Gasteiger partial charge in [0.25, 0.3) is 5.91 Å². The highest BCUT2D eigenvalue weighted by molar-refractivity contribution is 7.10. The van der Waals surface area contributed by atoms with E-state index in [1.807, 2.05) is 41.9 Å². The van der Waals surface area contributed by atoms with E-state index in [1.54, 1.807) is 17.0 Å². The van der Waals surface area contributed by atoms with Crippen molar-refractivity contribution in [2.24, 2.45) is 5.92 Å². The first-order valence-corrected chi connectivity index (χ1v) is 11.2. The molecule has 1 aliphatic rings. The molecule has 1 N–H and O–H groups in total. The van der Waals surface area contributed by atoms with Crippen LogP contribution >= 0.6 is 11.3 Å². The van der Waals surface area contributed by atoms with E-state index in [9.17, 15) is 27.6 Å². The number of nitrogens with zero attached hydrogens (tertiary/aromatic N) is 1. The summed E-state index contributed by atoms with van der Waals surface area (Å²) in [5.74, 6) is -7.54. The molecule has 34 heavy (non-hydrogen) atoms. The summed E-state index contributed by atoms with van der Waals surface area (Å²) in [6.07, 6.45) is -0.116. The summed E-state index contributed by atoms with van der Waals surface area (Å²) in [5.41, 5.74) is 1.07. The van der Waals surface area contributed by atoms with Crippen LogP contribution in [0.5, 0.6) is 0 Å². The first kappa shape index (κ1) is 23.5. The van der Waals surface area contributed by atoms with Gasteiger partial charge in [-0.05, 0) is 42.6 Å². The maximum Gasteiger partial charge on any atom is 0.312 e. The van der Waals surface area contributed by atoms with Crippen molar-refractivity contribution < 1.29 is 32.3 Å². The molecule has 1 saturated heterocycles. The molecule has 1 fully saturated rings. The Labute approximate surface area is 197 Å². The summed E-state index contributed by atoms with van der Waals surface area (Å²) in [6.45, 7) is 1.13. The van der Waals surface area contributed by atoms with E-state index in [2.05, 4.69) is 0 Å². The Hall–Kier alpha value is -3.66. The Morgan fingerprint density at radius 2 is 1.82 bits per heavy atom. The average Bonchev–Trinajstić information content (AvgIpc) is 3.46. The van der Waals surface area contributed by atoms with Gasteiger partial charge in [0, 0.05) is 17.0 Å². The quantitative estimate of drug-likeness (QED) is 0.401. The molecule has 0 bridgehead atoms. The molecule has 2 aromatic carbocycles. The monoisotopic (exact) mass is 488 g/mol. The van der Waals surface area contributed by atoms with Gasteiger partial charge >= 0.3 is 5.97 Å². The highest BCUT2D eigenvalue weighted by Gasteiger charge is 2.46. The molecule has 0 saturated carbocycles. The lowest BCUT2D eigenvalue weighted by atomic mass is 9.99. The van der Waals surface area contributed by atoms with Crippen LogP contribution in [0.15, 0.2) is 53.9 Å². The third-order valence-electron chi connectivity index (χ3n) is 5.43. The van der Waals surface area contributed by atoms with Crippen LogP contribution in [0.1, 0.15) is 22.9 Å². The molecule has 6 nitrogen and oxygen atoms in total. The Morgan fingerprint density at radius 1 is 1.09 bits per heavy atom. The lowest BCUT2D eigenvalue weighted by molar-refractivity contribution is -0.152. The lowest BCUT2D eigenvalue weighted by Crippen LogP contribution is -2.31. The smallest absolute Gasteiger partial charge is 0.312 e. The van der Waals surface area contributed by atoms with E-state index < -0.39 is 53.6 Å². The van der Waals surface area contributed by atoms with Gasteiger partial charge in [-0.3, -0.25) is 14.4 Å². The van der Waals surface area contributed by atoms with Gasteiger partial charge in [-0.1, -0.05) is 23.8 Å². The first-order chi connectivity index (χ1) is 16.3. The number of hydrogen-bond donors (Lipinski definition) is 1. The van der Waals surface area contributed by atoms with Gasteiger partial charge in [0.2, 0.25) is 5.91 Å². The van der Waals surface area contributed by atoms with Gasteiger partial charge in [0.1, 0.15) is 0 Å². The van der Waals surface area contributed by atoms with Crippen molar-refractivity contribution in [3.05, 3.63) is 81.8 Å². The Balaban J connectivity index is 1.48. The molecule has 1 aliphatic heterocycles. The molecular weight excluding hydrogens is 469 g/mol. The fraction of sp³-hybridized carbons (Fsp3) is 0.208. The molecule has 176 valence electrons. The van der Waals surface area contributed by atoms with Gasteiger partial charge < -0.3 is 15.0 Å². The van der Waals surface area contributed by atoms with Gasteiger partial charge in [-0.2, -0.15) is 0 Å². The third kappa shape index (κ3) is 4.67. The standard InChI is InChI=1S/C24H19F3N2O4S/c1-13-4-6-14(7-5-13)29-20(31)11-15(23(29)18-3-2-10-34-18)24(32)33-12-19(30)28-17-9-8-16(25)21(26)22(17)27/h2-10,15,23H,11-12H2,1H3,(H,28,30). The van der Waals surface area contributed by atoms with Crippen LogP contribution in [0.2, 0.25) is 0 Å². The molecule has 0 aliphatic carbocycles. The van der Waals surface area contributed by atoms with E-state index in [4.69, 9.17) is 4.74 Å². The minimum atomic E-state index is -1.73. The Bertz CT molecular complexity index is 1230. The predicted molar refractivity (Wildman–Crippen MR) is 120 cm³/mol. The van der Waals surface area contributed by atoms with Gasteiger partial charge in [-0.25, -0.2) is 13.2 Å². The van der Waals surface area contributed by atoms with Crippen molar-refractivity contribution in [2.45, 2.75) is 19.4 Å². The second kappa shape index (κ2) is 9.68. The van der Waals surface area contributed by atoms with E-state index in [-0.39, 0.29) is 12.3 Å². The van der Waals surface area contributed by atoms with Crippen molar-refractivity contribution in [2.75, 3.05) is 16.8 Å². The SMILES string of the molecule is Cc1ccc(N2C(=O)CC(C(=O)OCC(=O)Nc3ccc(F)c(F)c3F)C2c2cccs2)cc1. The van der Waals surface area contributed by atoms with Crippen LogP contribution in [0.4, 0.5) is 24.5 Å². The summed E-state index contributed by atoms with van der Waals surface area (Å²) in [6, 6.07) is 11.8. The fourth-order valence-corrected chi connectivity index (χ4v) is 4.67. The molecule has 10 heteroatoms. The van der Waals surface area contributed by atoms with Crippen molar-refractivity contribution >= 4 is 40.5 Å². The summed E-state index contributed by atoms with van der Waals surface area (Å²) in [5, 5.41) is 3.87. The Kier molecular flexibility index (Phi) is 6.69. The van der Waals surface area contributed by atoms with Crippen LogP contribution < -0.4 is 10.2 Å². The molecule has 0 radical (unpaired) electrons. The van der Waals surface area contributed by atoms with Crippen LogP contribution in [0.3, 0.4) is 0 Å². The molecular formula is C24H19F3N2O4S. The maximum atomic E-state index is 13.8. The number of thiophene rings is 1. The maximum absolute atomic E-state index is 13.8. The number of ether oxygens (including phenoxy) is 1. The highest BCUT2D eigenvalue weighted by atomic mass is 32.1. The molecule has 0 spiro atoms. The normalized spacial score (nSPS) is 17.6. The van der Waals surface area contributed by atoms with Crippen molar-refractivity contribution in [3.63, 3.8) is 0 Å². The zero-order chi connectivity index (χ0) is 24.4. The van der Waals surface area contributed by atoms with E-state index in [0.29, 0.717) is 11.8 Å². The van der Waals surface area contributed by atoms with E-state index in [1.165, 1.54) is 11.3 Å². The second-order valence-corrected chi connectivity index (χ2v) is 8.73. The molecule has 2 amide bonds. The largest absolute Gasteiger partial charge is 0.455 e. The molecule has 3 aromatic rings. The number of esters is 1. The number of aryl methyl sites for hydroxylation is 1. The summed E-state index contributed by atoms with van der Waals surface area (Å²) in [7, 11) is 0. The zero-order valence-corrected chi connectivity index (χ0v) is 18.7. The average molecular weight is 488 g/mol. The number of nitrogens with one attached hydrogen (secondary N) is 1. The van der Waals surface area contributed by atoms with Crippen LogP contribution in [-0.4, -0.2) is 24.4 Å². The highest BCUT2D eigenvalue weighted by Crippen LogP contribution is 2.43. The van der Waals surface area contributed by atoms with Gasteiger partial charge in [0.05, 0.1) is 17.6 Å². The van der Waals surface area contributed by atoms with Gasteiger partial charge in [-0.15, -0.1) is 11.3 Å². The number of rotatable bonds is 6. The number of amides is 2. The molecule has 2 unspecified atom stereocenters. The predicted octanol–water partition coefficient (Wildman–Crippen LogP) is 4.75. The molecule has 1 aromatic heterocycles. The Morgan fingerprint density at radius 3 is 2.50 bits per heavy atom. The number of hydrogen-bond acceptors (Lipinski definition) is 5. The number of halogens is 3. The van der Waals surface area contributed by atoms with Crippen molar-refractivity contribution in [1.82, 2.24) is 0 Å². The van der Waals surface area contributed by atoms with Gasteiger partial charge in [0.15, 0.2) is 24.1 Å². The number of benzene rings is 2. The minimum absolute atomic E-state index is 0.116. The molecule has 4 rings (SSSR count). The van der Waals surface area contributed by atoms with Crippen LogP contribution in [0.25, 0.3) is 0 Å². The topological polar surface area (TPSA) is 75.7 Å². The van der Waals surface area contributed by atoms with Crippen LogP contribution in [-0.2, 0) is 19.1 Å². The van der Waals surface area contributed by atoms with E-state index >= 15 is 0 Å². The lowest BCUT2D eigenvalue weighted by Gasteiger charge is -2.27. The minimum Gasteiger partial charge on any atom is -0.455 e. The summed E-state index contributed by atoms with van der Waals surface area (Å²) < 4.78 is 45.3. The summed E-state index contributed by atoms with van der Waals surface area (Å²) in [4.78, 5) is 40.2. The number of anilines is 2. The number of carbonyl (C=O) groups is 3. The zero-order valence-electron chi connectivity index (χ0n) is 17.9. The van der Waals surface area contributed by atoms with Crippen molar-refractivity contribution in [1.29, 1.82) is 0 Å². The first-order valence-electron chi connectivity index (χ1n) is 10.3. The third-order valence-corrected chi connectivity index (χ3v) is 6.37. The molecule has 2 atom stereocenters. The number of carbonyl (C=O) groups excluding carboxylic acids is 3. The fourth-order valence-electron chi connectivity index (χ4n) is 3.79.